The molecule has 2 heterocycles. The Labute approximate surface area is 95.1 Å². The highest BCUT2D eigenvalue weighted by molar-refractivity contribution is 5.60. The smallest absolute Gasteiger partial charge is 0.0738 e. The Balaban J connectivity index is 2.31. The van der Waals surface area contributed by atoms with Crippen molar-refractivity contribution >= 4 is 5.69 Å². The Kier molecular flexibility index (Phi) is 2.90. The minimum absolute atomic E-state index is 0.727. The number of nitrogen functional groups attached to an aromatic ring is 1. The van der Waals surface area contributed by atoms with Crippen LogP contribution in [0, 0.1) is 6.92 Å². The third-order valence-corrected chi connectivity index (χ3v) is 2.51. The van der Waals surface area contributed by atoms with E-state index in [1.807, 2.05) is 36.1 Å². The van der Waals surface area contributed by atoms with Crippen molar-refractivity contribution in [3.8, 4) is 11.3 Å². The number of hydrogen-bond acceptors (Lipinski definition) is 3. The van der Waals surface area contributed by atoms with E-state index in [1.54, 1.807) is 0 Å². The second-order valence-electron chi connectivity index (χ2n) is 3.86. The summed E-state index contributed by atoms with van der Waals surface area (Å²) in [5, 5.41) is 4.28. The van der Waals surface area contributed by atoms with E-state index in [0.29, 0.717) is 0 Å². The molecule has 4 heteroatoms. The summed E-state index contributed by atoms with van der Waals surface area (Å²) in [6.07, 6.45) is 4.93. The van der Waals surface area contributed by atoms with Crippen LogP contribution in [-0.4, -0.2) is 14.8 Å². The molecule has 0 aliphatic rings. The van der Waals surface area contributed by atoms with Crippen LogP contribution in [0.3, 0.4) is 0 Å². The maximum atomic E-state index is 5.74. The van der Waals surface area contributed by atoms with E-state index < -0.39 is 0 Å². The van der Waals surface area contributed by atoms with Crippen LogP contribution < -0.4 is 5.73 Å². The van der Waals surface area contributed by atoms with E-state index in [4.69, 9.17) is 5.73 Å². The molecule has 2 N–H and O–H groups in total. The molecule has 0 saturated carbocycles. The van der Waals surface area contributed by atoms with E-state index >= 15 is 0 Å². The molecular weight excluding hydrogens is 200 g/mol. The SMILES string of the molecule is CCCn1cc(-c2ccc(N)c(C)n2)cn1. The quantitative estimate of drug-likeness (QED) is 0.856. The highest BCUT2D eigenvalue weighted by atomic mass is 15.3. The van der Waals surface area contributed by atoms with E-state index in [-0.39, 0.29) is 0 Å². The average Bonchev–Trinajstić information content (AvgIpc) is 2.71. The summed E-state index contributed by atoms with van der Waals surface area (Å²) < 4.78 is 1.93. The van der Waals surface area contributed by atoms with Gasteiger partial charge in [-0.3, -0.25) is 9.67 Å². The van der Waals surface area contributed by atoms with Crippen LogP contribution >= 0.6 is 0 Å². The van der Waals surface area contributed by atoms with Crippen LogP contribution in [-0.2, 0) is 6.54 Å². The third-order valence-electron chi connectivity index (χ3n) is 2.51. The molecule has 84 valence electrons. The van der Waals surface area contributed by atoms with Crippen LogP contribution in [0.15, 0.2) is 24.5 Å². The zero-order valence-corrected chi connectivity index (χ0v) is 9.64. The van der Waals surface area contributed by atoms with E-state index in [2.05, 4.69) is 17.0 Å². The first-order valence-electron chi connectivity index (χ1n) is 5.46. The van der Waals surface area contributed by atoms with Gasteiger partial charge < -0.3 is 5.73 Å². The minimum Gasteiger partial charge on any atom is -0.397 e. The lowest BCUT2D eigenvalue weighted by Crippen LogP contribution is -1.96. The van der Waals surface area contributed by atoms with Gasteiger partial charge in [0.25, 0.3) is 0 Å². The first-order valence-corrected chi connectivity index (χ1v) is 5.46. The van der Waals surface area contributed by atoms with Crippen molar-refractivity contribution < 1.29 is 0 Å². The fourth-order valence-corrected chi connectivity index (χ4v) is 1.58. The van der Waals surface area contributed by atoms with Crippen molar-refractivity contribution in [1.29, 1.82) is 0 Å². The Bertz CT molecular complexity index is 488. The number of nitrogens with two attached hydrogens (primary N) is 1. The summed E-state index contributed by atoms with van der Waals surface area (Å²) in [7, 11) is 0. The standard InChI is InChI=1S/C12H16N4/c1-3-6-16-8-10(7-14-16)12-5-4-11(13)9(2)15-12/h4-5,7-8H,3,6,13H2,1-2H3. The van der Waals surface area contributed by atoms with Crippen molar-refractivity contribution in [3.05, 3.63) is 30.2 Å². The molecule has 0 amide bonds. The second kappa shape index (κ2) is 4.35. The van der Waals surface area contributed by atoms with Crippen LogP contribution in [0.2, 0.25) is 0 Å². The van der Waals surface area contributed by atoms with Crippen molar-refractivity contribution in [2.24, 2.45) is 0 Å². The van der Waals surface area contributed by atoms with Gasteiger partial charge >= 0.3 is 0 Å². The van der Waals surface area contributed by atoms with Gasteiger partial charge in [-0.15, -0.1) is 0 Å². The molecule has 0 unspecified atom stereocenters. The topological polar surface area (TPSA) is 56.7 Å². The van der Waals surface area contributed by atoms with Gasteiger partial charge in [-0.25, -0.2) is 0 Å². The number of rotatable bonds is 3. The first kappa shape index (κ1) is 10.7. The summed E-state index contributed by atoms with van der Waals surface area (Å²) in [5.41, 5.74) is 9.29. The molecule has 0 radical (unpaired) electrons. The minimum atomic E-state index is 0.727. The van der Waals surface area contributed by atoms with Gasteiger partial charge in [-0.05, 0) is 25.5 Å². The van der Waals surface area contributed by atoms with Crippen molar-refractivity contribution in [2.75, 3.05) is 5.73 Å². The monoisotopic (exact) mass is 216 g/mol. The van der Waals surface area contributed by atoms with E-state index in [1.165, 1.54) is 0 Å². The van der Waals surface area contributed by atoms with Crippen LogP contribution in [0.25, 0.3) is 11.3 Å². The normalized spacial score (nSPS) is 10.6. The fourth-order valence-electron chi connectivity index (χ4n) is 1.58. The number of aromatic nitrogens is 3. The largest absolute Gasteiger partial charge is 0.397 e. The molecule has 0 spiro atoms. The predicted octanol–water partition coefficient (Wildman–Crippen LogP) is 2.25. The molecule has 2 aromatic rings. The Morgan fingerprint density at radius 2 is 2.19 bits per heavy atom. The maximum Gasteiger partial charge on any atom is 0.0738 e. The third kappa shape index (κ3) is 2.05. The average molecular weight is 216 g/mol. The van der Waals surface area contributed by atoms with Gasteiger partial charge in [0.15, 0.2) is 0 Å². The zero-order chi connectivity index (χ0) is 11.5. The van der Waals surface area contributed by atoms with Crippen molar-refractivity contribution in [1.82, 2.24) is 14.8 Å². The second-order valence-corrected chi connectivity index (χ2v) is 3.86. The Morgan fingerprint density at radius 3 is 2.88 bits per heavy atom. The fraction of sp³-hybridized carbons (Fsp3) is 0.333. The summed E-state index contributed by atoms with van der Waals surface area (Å²) in [6.45, 7) is 4.98. The van der Waals surface area contributed by atoms with Crippen LogP contribution in [0.5, 0.6) is 0 Å². The Hall–Kier alpha value is -1.84. The molecular formula is C12H16N4. The number of aryl methyl sites for hydroxylation is 2. The lowest BCUT2D eigenvalue weighted by Gasteiger charge is -2.01. The molecule has 4 nitrogen and oxygen atoms in total. The van der Waals surface area contributed by atoms with Crippen molar-refractivity contribution in [2.45, 2.75) is 26.8 Å². The molecule has 0 bridgehead atoms. The molecule has 0 saturated heterocycles. The van der Waals surface area contributed by atoms with Gasteiger partial charge in [0.2, 0.25) is 0 Å². The number of anilines is 1. The number of hydrogen-bond donors (Lipinski definition) is 1. The van der Waals surface area contributed by atoms with Gasteiger partial charge in [-0.1, -0.05) is 6.92 Å². The van der Waals surface area contributed by atoms with E-state index in [9.17, 15) is 0 Å². The Morgan fingerprint density at radius 1 is 1.38 bits per heavy atom. The molecule has 2 rings (SSSR count). The van der Waals surface area contributed by atoms with Gasteiger partial charge in [-0.2, -0.15) is 5.10 Å². The summed E-state index contributed by atoms with van der Waals surface area (Å²) in [5.74, 6) is 0. The van der Waals surface area contributed by atoms with E-state index in [0.717, 1.165) is 35.6 Å². The van der Waals surface area contributed by atoms with Gasteiger partial charge in [0, 0.05) is 18.3 Å². The highest BCUT2D eigenvalue weighted by Gasteiger charge is 2.04. The van der Waals surface area contributed by atoms with Gasteiger partial charge in [0.1, 0.15) is 0 Å². The van der Waals surface area contributed by atoms with Crippen LogP contribution in [0.4, 0.5) is 5.69 Å². The van der Waals surface area contributed by atoms with Crippen LogP contribution in [0.1, 0.15) is 19.0 Å². The molecule has 0 atom stereocenters. The summed E-state index contributed by atoms with van der Waals surface area (Å²) in [4.78, 5) is 4.44. The molecule has 2 aromatic heterocycles. The lowest BCUT2D eigenvalue weighted by atomic mass is 10.2. The summed E-state index contributed by atoms with van der Waals surface area (Å²) in [6, 6.07) is 3.81. The zero-order valence-electron chi connectivity index (χ0n) is 9.64. The predicted molar refractivity (Wildman–Crippen MR) is 64.9 cm³/mol. The molecule has 0 aliphatic heterocycles. The number of nitrogens with zero attached hydrogens (tertiary/aromatic N) is 3. The molecule has 16 heavy (non-hydrogen) atoms. The lowest BCUT2D eigenvalue weighted by molar-refractivity contribution is 0.603. The first-order chi connectivity index (χ1) is 7.70. The number of pyridine rings is 1. The molecule has 0 aliphatic carbocycles. The molecule has 0 aromatic carbocycles. The highest BCUT2D eigenvalue weighted by Crippen LogP contribution is 2.19. The van der Waals surface area contributed by atoms with Crippen molar-refractivity contribution in [3.63, 3.8) is 0 Å². The molecule has 0 fully saturated rings. The van der Waals surface area contributed by atoms with Gasteiger partial charge in [0.05, 0.1) is 23.3 Å². The summed E-state index contributed by atoms with van der Waals surface area (Å²) >= 11 is 0. The maximum absolute atomic E-state index is 5.74.